The van der Waals surface area contributed by atoms with Gasteiger partial charge in [-0.15, -0.1) is 11.8 Å². The van der Waals surface area contributed by atoms with Crippen LogP contribution in [0.5, 0.6) is 0 Å². The van der Waals surface area contributed by atoms with Crippen LogP contribution in [0.4, 0.5) is 0 Å². The number of hydrogen-bond donors (Lipinski definition) is 0. The van der Waals surface area contributed by atoms with Crippen molar-refractivity contribution in [3.05, 3.63) is 39.7 Å². The molecule has 0 fully saturated rings. The lowest BCUT2D eigenvalue weighted by molar-refractivity contribution is 0.312. The van der Waals surface area contributed by atoms with Gasteiger partial charge in [-0.25, -0.2) is 4.98 Å². The van der Waals surface area contributed by atoms with Crippen molar-refractivity contribution in [2.45, 2.75) is 13.0 Å². The van der Waals surface area contributed by atoms with E-state index in [2.05, 4.69) is 48.3 Å². The average molecular weight is 315 g/mol. The molecule has 0 N–H and O–H groups in total. The summed E-state index contributed by atoms with van der Waals surface area (Å²) >= 11 is 1.80. The number of thioether (sulfide) groups is 1. The van der Waals surface area contributed by atoms with Crippen LogP contribution in [0.25, 0.3) is 12.2 Å². The van der Waals surface area contributed by atoms with Crippen molar-refractivity contribution in [2.75, 3.05) is 33.5 Å². The Kier molecular flexibility index (Phi) is 4.64. The maximum Gasteiger partial charge on any atom is 0.116 e. The number of rotatable bonds is 4. The van der Waals surface area contributed by atoms with Crippen LogP contribution in [0.3, 0.4) is 0 Å². The van der Waals surface area contributed by atoms with Gasteiger partial charge in [-0.3, -0.25) is 4.99 Å². The van der Waals surface area contributed by atoms with Crippen LogP contribution in [0.1, 0.15) is 17.7 Å². The molecule has 0 bridgehead atoms. The van der Waals surface area contributed by atoms with Gasteiger partial charge in [0.15, 0.2) is 0 Å². The summed E-state index contributed by atoms with van der Waals surface area (Å²) in [6.45, 7) is 1.77. The Bertz CT molecular complexity index is 750. The van der Waals surface area contributed by atoms with Crippen LogP contribution in [0, 0.1) is 0 Å². The van der Waals surface area contributed by atoms with Crippen LogP contribution in [-0.4, -0.2) is 48.4 Å². The van der Waals surface area contributed by atoms with E-state index in [-0.39, 0.29) is 0 Å². The third-order valence-corrected chi connectivity index (χ3v) is 4.62. The Hall–Kier alpha value is -1.59. The molecule has 0 unspecified atom stereocenters. The number of aliphatic imine (C=N–C) groups is 1. The van der Waals surface area contributed by atoms with E-state index in [0.29, 0.717) is 0 Å². The predicted molar refractivity (Wildman–Crippen MR) is 93.4 cm³/mol. The maximum atomic E-state index is 5.43. The van der Waals surface area contributed by atoms with Crippen molar-refractivity contribution in [1.82, 2.24) is 9.88 Å². The van der Waals surface area contributed by atoms with Crippen molar-refractivity contribution in [3.8, 4) is 0 Å². The van der Waals surface area contributed by atoms with E-state index in [9.17, 15) is 0 Å². The lowest BCUT2D eigenvalue weighted by Gasteiger charge is -2.12. The first-order valence-electron chi connectivity index (χ1n) is 7.45. The van der Waals surface area contributed by atoms with Gasteiger partial charge in [-0.05, 0) is 44.3 Å². The smallest absolute Gasteiger partial charge is 0.116 e. The van der Waals surface area contributed by atoms with Crippen molar-refractivity contribution in [2.24, 2.45) is 4.99 Å². The molecule has 3 rings (SSSR count). The van der Waals surface area contributed by atoms with Gasteiger partial charge in [0.2, 0.25) is 0 Å². The van der Waals surface area contributed by atoms with Crippen LogP contribution in [-0.2, 0) is 11.3 Å². The molecule has 0 radical (unpaired) electrons. The monoisotopic (exact) mass is 315 g/mol. The van der Waals surface area contributed by atoms with Crippen LogP contribution in [0.2, 0.25) is 0 Å². The molecular formula is C17H21N3OS. The molecule has 2 aliphatic rings. The van der Waals surface area contributed by atoms with Crippen molar-refractivity contribution < 1.29 is 4.74 Å². The molecule has 0 aromatic carbocycles. The zero-order valence-electron chi connectivity index (χ0n) is 13.3. The first-order chi connectivity index (χ1) is 10.7. The topological polar surface area (TPSA) is 37.7 Å². The van der Waals surface area contributed by atoms with E-state index in [1.807, 2.05) is 0 Å². The fraction of sp³-hybridized carbons (Fsp3) is 0.412. The van der Waals surface area contributed by atoms with Gasteiger partial charge in [0.05, 0.1) is 18.2 Å². The van der Waals surface area contributed by atoms with Crippen molar-refractivity contribution in [3.63, 3.8) is 0 Å². The first-order valence-corrected chi connectivity index (χ1v) is 8.44. The van der Waals surface area contributed by atoms with Gasteiger partial charge in [0.1, 0.15) is 10.8 Å². The minimum absolute atomic E-state index is 0.837. The lowest BCUT2D eigenvalue weighted by Crippen LogP contribution is -2.35. The number of pyridine rings is 1. The average Bonchev–Trinajstić information content (AvgIpc) is 2.93. The quantitative estimate of drug-likeness (QED) is 0.835. The third-order valence-electron chi connectivity index (χ3n) is 3.62. The Balaban J connectivity index is 2.18. The predicted octanol–water partition coefficient (Wildman–Crippen LogP) is 1.13. The number of aromatic nitrogens is 1. The lowest BCUT2D eigenvalue weighted by atomic mass is 10.1. The van der Waals surface area contributed by atoms with Crippen LogP contribution in [0.15, 0.2) is 22.9 Å². The van der Waals surface area contributed by atoms with Gasteiger partial charge in [-0.1, -0.05) is 6.08 Å². The van der Waals surface area contributed by atoms with Gasteiger partial charge >= 0.3 is 0 Å². The number of allylic oxidation sites excluding steroid dienone is 2. The van der Waals surface area contributed by atoms with Gasteiger partial charge in [0.25, 0.3) is 0 Å². The molecule has 0 spiro atoms. The largest absolute Gasteiger partial charge is 0.497 e. The number of ether oxygens (including phenoxy) is 1. The molecule has 1 aromatic rings. The Morgan fingerprint density at radius 1 is 1.32 bits per heavy atom. The summed E-state index contributed by atoms with van der Waals surface area (Å²) in [5.41, 5.74) is 2.27. The molecule has 4 nitrogen and oxygen atoms in total. The highest BCUT2D eigenvalue weighted by atomic mass is 32.2. The molecule has 0 atom stereocenters. The minimum Gasteiger partial charge on any atom is -0.497 e. The summed E-state index contributed by atoms with van der Waals surface area (Å²) in [5.74, 6) is 1.96. The number of hydrogen-bond acceptors (Lipinski definition) is 5. The molecule has 5 heteroatoms. The molecule has 1 aliphatic heterocycles. The SMILES string of the molecule is COC1=CCC=c2nc(C3=NCCS3)cc(CN(C)C)c2=C1. The molecular weight excluding hydrogens is 294 g/mol. The summed E-state index contributed by atoms with van der Waals surface area (Å²) in [4.78, 5) is 11.6. The Labute approximate surface area is 135 Å². The number of nitrogens with zero attached hydrogens (tertiary/aromatic N) is 3. The molecule has 22 heavy (non-hydrogen) atoms. The van der Waals surface area contributed by atoms with E-state index in [4.69, 9.17) is 9.72 Å². The summed E-state index contributed by atoms with van der Waals surface area (Å²) in [6.07, 6.45) is 7.19. The number of methoxy groups -OCH3 is 1. The molecule has 1 aliphatic carbocycles. The zero-order chi connectivity index (χ0) is 15.5. The summed E-state index contributed by atoms with van der Waals surface area (Å²) in [6, 6.07) is 2.18. The van der Waals surface area contributed by atoms with Gasteiger partial charge in [0, 0.05) is 24.1 Å². The molecule has 0 saturated carbocycles. The van der Waals surface area contributed by atoms with E-state index in [1.54, 1.807) is 18.9 Å². The molecule has 0 amide bonds. The van der Waals surface area contributed by atoms with E-state index >= 15 is 0 Å². The highest BCUT2D eigenvalue weighted by Gasteiger charge is 2.14. The van der Waals surface area contributed by atoms with E-state index < -0.39 is 0 Å². The van der Waals surface area contributed by atoms with Gasteiger partial charge < -0.3 is 9.64 Å². The number of fused-ring (bicyclic) bond motifs is 1. The zero-order valence-corrected chi connectivity index (χ0v) is 14.1. The highest BCUT2D eigenvalue weighted by Crippen LogP contribution is 2.17. The van der Waals surface area contributed by atoms with E-state index in [0.717, 1.165) is 52.3 Å². The van der Waals surface area contributed by atoms with Crippen LogP contribution < -0.4 is 10.6 Å². The summed E-state index contributed by atoms with van der Waals surface area (Å²) in [7, 11) is 5.88. The van der Waals surface area contributed by atoms with Gasteiger partial charge in [-0.2, -0.15) is 0 Å². The maximum absolute atomic E-state index is 5.43. The molecule has 2 heterocycles. The fourth-order valence-corrected chi connectivity index (χ4v) is 3.46. The molecule has 0 saturated heterocycles. The summed E-state index contributed by atoms with van der Waals surface area (Å²) in [5, 5.41) is 3.26. The summed E-state index contributed by atoms with van der Waals surface area (Å²) < 4.78 is 5.43. The first kappa shape index (κ1) is 15.3. The molecule has 116 valence electrons. The van der Waals surface area contributed by atoms with Crippen LogP contribution >= 0.6 is 11.8 Å². The normalized spacial score (nSPS) is 17.1. The Morgan fingerprint density at radius 2 is 2.18 bits per heavy atom. The standard InChI is InChI=1S/C17H21N3OS/c1-20(2)11-12-9-16(17-18-7-8-22-17)19-15-6-4-5-13(21-3)10-14(12)15/h5-6,9-10H,4,7-8,11H2,1-3H3. The minimum atomic E-state index is 0.837. The molecule has 1 aromatic heterocycles. The van der Waals surface area contributed by atoms with E-state index in [1.165, 1.54) is 5.56 Å². The van der Waals surface area contributed by atoms with Crippen molar-refractivity contribution in [1.29, 1.82) is 0 Å². The Morgan fingerprint density at radius 3 is 2.86 bits per heavy atom. The fourth-order valence-electron chi connectivity index (χ4n) is 2.65. The van der Waals surface area contributed by atoms with Crippen molar-refractivity contribution >= 4 is 29.0 Å². The highest BCUT2D eigenvalue weighted by molar-refractivity contribution is 8.14. The second-order valence-corrected chi connectivity index (χ2v) is 6.72. The second-order valence-electron chi connectivity index (χ2n) is 5.63. The second kappa shape index (κ2) is 6.67. The third kappa shape index (κ3) is 3.25.